The predicted octanol–water partition coefficient (Wildman–Crippen LogP) is 6.09. The van der Waals surface area contributed by atoms with Gasteiger partial charge in [-0.1, -0.05) is 60.1 Å². The first-order valence-electron chi connectivity index (χ1n) is 11.1. The Morgan fingerprint density at radius 1 is 1.08 bits per heavy atom. The van der Waals surface area contributed by atoms with Crippen LogP contribution >= 0.6 is 39.3 Å². The molecule has 0 bridgehead atoms. The summed E-state index contributed by atoms with van der Waals surface area (Å²) < 4.78 is 6.83. The van der Waals surface area contributed by atoms with E-state index in [1.165, 1.54) is 12.1 Å². The maximum absolute atomic E-state index is 12.5. The zero-order valence-electron chi connectivity index (χ0n) is 19.0. The van der Waals surface area contributed by atoms with Crippen LogP contribution in [-0.2, 0) is 11.4 Å². The van der Waals surface area contributed by atoms with Crippen LogP contribution in [-0.4, -0.2) is 17.0 Å². The highest BCUT2D eigenvalue weighted by Crippen LogP contribution is 2.32. The molecular formula is C28H17BrClN2O4S-. The van der Waals surface area contributed by atoms with Gasteiger partial charge in [-0.15, -0.1) is 0 Å². The summed E-state index contributed by atoms with van der Waals surface area (Å²) in [5.41, 5.74) is 2.06. The molecule has 1 N–H and O–H groups in total. The number of rotatable bonds is 6. The maximum Gasteiger partial charge on any atom is 0.264 e. The third kappa shape index (κ3) is 5.72. The Kier molecular flexibility index (Phi) is 7.32. The number of benzene rings is 4. The van der Waals surface area contributed by atoms with E-state index in [1.54, 1.807) is 12.1 Å². The van der Waals surface area contributed by atoms with Crippen LogP contribution in [0.4, 0.5) is 5.69 Å². The van der Waals surface area contributed by atoms with Gasteiger partial charge in [0.1, 0.15) is 12.4 Å². The van der Waals surface area contributed by atoms with Crippen molar-refractivity contribution in [1.29, 1.82) is 0 Å². The fourth-order valence-electron chi connectivity index (χ4n) is 3.79. The number of aliphatic imine (C=N–C) groups is 1. The van der Waals surface area contributed by atoms with Gasteiger partial charge in [-0.25, -0.2) is 4.99 Å². The van der Waals surface area contributed by atoms with Gasteiger partial charge in [-0.2, -0.15) is 0 Å². The topological polar surface area (TPSA) is 90.8 Å². The molecule has 1 aliphatic heterocycles. The number of hydrogen-bond donors (Lipinski definition) is 1. The van der Waals surface area contributed by atoms with Gasteiger partial charge >= 0.3 is 0 Å². The first-order chi connectivity index (χ1) is 17.9. The molecule has 1 fully saturated rings. The molecule has 0 saturated carbocycles. The molecule has 1 aliphatic rings. The monoisotopic (exact) mass is 591 g/mol. The van der Waals surface area contributed by atoms with E-state index in [0.29, 0.717) is 28.1 Å². The Bertz CT molecular complexity index is 1610. The molecule has 0 radical (unpaired) electrons. The molecule has 0 aromatic heterocycles. The molecule has 4 aromatic carbocycles. The second-order valence-corrected chi connectivity index (χ2v) is 10.3. The minimum Gasteiger partial charge on any atom is -0.545 e. The smallest absolute Gasteiger partial charge is 0.264 e. The number of nitrogens with one attached hydrogen (secondary N) is 1. The van der Waals surface area contributed by atoms with Crippen molar-refractivity contribution in [3.05, 3.63) is 110 Å². The molecule has 6 nitrogen and oxygen atoms in total. The number of amidine groups is 1. The molecule has 0 spiro atoms. The molecule has 184 valence electrons. The summed E-state index contributed by atoms with van der Waals surface area (Å²) in [6.45, 7) is 0.419. The summed E-state index contributed by atoms with van der Waals surface area (Å²) >= 11 is 10.6. The lowest BCUT2D eigenvalue weighted by Gasteiger charge is -2.11. The van der Waals surface area contributed by atoms with E-state index >= 15 is 0 Å². The minimum atomic E-state index is -1.40. The van der Waals surface area contributed by atoms with Crippen LogP contribution in [0.25, 0.3) is 16.8 Å². The van der Waals surface area contributed by atoms with Gasteiger partial charge in [-0.3, -0.25) is 4.79 Å². The highest BCUT2D eigenvalue weighted by molar-refractivity contribution is 9.10. The second-order valence-electron chi connectivity index (χ2n) is 8.05. The lowest BCUT2D eigenvalue weighted by atomic mass is 10.1. The third-order valence-corrected chi connectivity index (χ3v) is 7.43. The molecule has 5 rings (SSSR count). The van der Waals surface area contributed by atoms with Gasteiger partial charge in [0.15, 0.2) is 5.17 Å². The van der Waals surface area contributed by atoms with Crippen LogP contribution in [0.1, 0.15) is 21.5 Å². The Morgan fingerprint density at radius 2 is 1.89 bits per heavy atom. The van der Waals surface area contributed by atoms with Crippen molar-refractivity contribution in [2.75, 3.05) is 0 Å². The summed E-state index contributed by atoms with van der Waals surface area (Å²) in [6, 6.07) is 24.2. The van der Waals surface area contributed by atoms with Gasteiger partial charge in [0.05, 0.1) is 21.0 Å². The lowest BCUT2D eigenvalue weighted by Crippen LogP contribution is -2.22. The molecule has 1 amide bonds. The SMILES string of the molecule is O=C1NC(=Nc2ccc(Cl)c(C(=O)[O-])c2)S/C1=C/c1ccc(OCc2cccc3ccccc23)c(Br)c1. The molecule has 0 atom stereocenters. The summed E-state index contributed by atoms with van der Waals surface area (Å²) in [7, 11) is 0. The molecule has 4 aromatic rings. The van der Waals surface area contributed by atoms with E-state index in [2.05, 4.69) is 44.4 Å². The van der Waals surface area contributed by atoms with E-state index < -0.39 is 5.97 Å². The van der Waals surface area contributed by atoms with E-state index in [9.17, 15) is 14.7 Å². The Morgan fingerprint density at radius 3 is 2.70 bits per heavy atom. The van der Waals surface area contributed by atoms with E-state index in [0.717, 1.165) is 38.1 Å². The van der Waals surface area contributed by atoms with Crippen molar-refractivity contribution in [2.45, 2.75) is 6.61 Å². The quantitative estimate of drug-likeness (QED) is 0.274. The van der Waals surface area contributed by atoms with Crippen molar-refractivity contribution in [2.24, 2.45) is 4.99 Å². The molecular weight excluding hydrogens is 576 g/mol. The standard InChI is InChI=1S/C28H18BrClN2O4S/c29-22-12-16(8-11-24(22)36-15-18-6-3-5-17-4-1-2-7-20(17)18)13-25-26(33)32-28(37-25)31-19-9-10-23(30)21(14-19)27(34)35/h1-14H,15H2,(H,34,35)(H,31,32,33)/p-1/b25-13+. The number of aromatic carboxylic acids is 1. The molecule has 1 heterocycles. The van der Waals surface area contributed by atoms with Crippen molar-refractivity contribution >= 4 is 78.9 Å². The van der Waals surface area contributed by atoms with Gasteiger partial charge in [0.2, 0.25) is 0 Å². The Labute approximate surface area is 230 Å². The lowest BCUT2D eigenvalue weighted by molar-refractivity contribution is -0.255. The first-order valence-corrected chi connectivity index (χ1v) is 13.1. The fraction of sp³-hybridized carbons (Fsp3) is 0.0357. The number of carboxylic acids is 1. The maximum atomic E-state index is 12.5. The first kappa shape index (κ1) is 25.1. The van der Waals surface area contributed by atoms with Crippen LogP contribution in [0.5, 0.6) is 5.75 Å². The number of amides is 1. The van der Waals surface area contributed by atoms with E-state index in [4.69, 9.17) is 16.3 Å². The average Bonchev–Trinajstić information content (AvgIpc) is 3.22. The second kappa shape index (κ2) is 10.8. The van der Waals surface area contributed by atoms with Gasteiger partial charge in [-0.05, 0) is 86.0 Å². The van der Waals surface area contributed by atoms with Gasteiger partial charge in [0, 0.05) is 10.6 Å². The highest BCUT2D eigenvalue weighted by atomic mass is 79.9. The zero-order chi connectivity index (χ0) is 25.9. The fourth-order valence-corrected chi connectivity index (χ4v) is 5.33. The number of carbonyl (C=O) groups excluding carboxylic acids is 2. The van der Waals surface area contributed by atoms with Crippen molar-refractivity contribution in [3.63, 3.8) is 0 Å². The minimum absolute atomic E-state index is 0.0581. The number of carbonyl (C=O) groups is 2. The number of thioether (sulfide) groups is 1. The molecule has 37 heavy (non-hydrogen) atoms. The predicted molar refractivity (Wildman–Crippen MR) is 149 cm³/mol. The zero-order valence-corrected chi connectivity index (χ0v) is 22.2. The molecule has 1 saturated heterocycles. The largest absolute Gasteiger partial charge is 0.545 e. The normalized spacial score (nSPS) is 15.4. The number of hydrogen-bond acceptors (Lipinski definition) is 6. The number of carboxylic acid groups (broad SMARTS) is 1. The number of halogens is 2. The van der Waals surface area contributed by atoms with Crippen LogP contribution < -0.4 is 15.2 Å². The van der Waals surface area contributed by atoms with Crippen molar-refractivity contribution in [1.82, 2.24) is 5.32 Å². The number of nitrogens with zero attached hydrogens (tertiary/aromatic N) is 1. The van der Waals surface area contributed by atoms with Crippen LogP contribution in [0.3, 0.4) is 0 Å². The summed E-state index contributed by atoms with van der Waals surface area (Å²) in [5.74, 6) is -1.01. The molecule has 0 unspecified atom stereocenters. The molecule has 9 heteroatoms. The van der Waals surface area contributed by atoms with Crippen LogP contribution in [0.2, 0.25) is 5.02 Å². The highest BCUT2D eigenvalue weighted by Gasteiger charge is 2.24. The van der Waals surface area contributed by atoms with E-state index in [1.807, 2.05) is 42.5 Å². The van der Waals surface area contributed by atoms with Gasteiger partial charge in [0.25, 0.3) is 5.91 Å². The van der Waals surface area contributed by atoms with Crippen LogP contribution in [0, 0.1) is 0 Å². The Balaban J connectivity index is 1.30. The summed E-state index contributed by atoms with van der Waals surface area (Å²) in [4.78, 5) is 28.4. The number of fused-ring (bicyclic) bond motifs is 1. The van der Waals surface area contributed by atoms with Gasteiger partial charge < -0.3 is 20.0 Å². The molecule has 0 aliphatic carbocycles. The van der Waals surface area contributed by atoms with Crippen molar-refractivity contribution in [3.8, 4) is 5.75 Å². The van der Waals surface area contributed by atoms with Crippen LogP contribution in [0.15, 0.2) is 93.2 Å². The third-order valence-electron chi connectivity index (χ3n) is 5.57. The number of ether oxygens (including phenoxy) is 1. The van der Waals surface area contributed by atoms with E-state index in [-0.39, 0.29) is 16.5 Å². The summed E-state index contributed by atoms with van der Waals surface area (Å²) in [6.07, 6.45) is 1.75. The Hall–Kier alpha value is -3.59. The average molecular weight is 593 g/mol. The van der Waals surface area contributed by atoms with Crippen molar-refractivity contribution < 1.29 is 19.4 Å². The summed E-state index contributed by atoms with van der Waals surface area (Å²) in [5, 5.41) is 16.6.